The van der Waals surface area contributed by atoms with Crippen molar-refractivity contribution in [3.05, 3.63) is 12.2 Å². The van der Waals surface area contributed by atoms with Crippen molar-refractivity contribution in [1.82, 2.24) is 0 Å². The molecule has 3 nitrogen and oxygen atoms in total. The van der Waals surface area contributed by atoms with E-state index in [4.69, 9.17) is 9.84 Å². The van der Waals surface area contributed by atoms with Gasteiger partial charge in [-0.15, -0.1) is 0 Å². The fourth-order valence-electron chi connectivity index (χ4n) is 1.17. The number of rotatable bonds is 2. The summed E-state index contributed by atoms with van der Waals surface area (Å²) in [7, 11) is 0. The van der Waals surface area contributed by atoms with Crippen LogP contribution in [0.3, 0.4) is 0 Å². The Kier molecular flexibility index (Phi) is 3.00. The van der Waals surface area contributed by atoms with Gasteiger partial charge in [0.05, 0.1) is 0 Å². The molecule has 0 bridgehead atoms. The lowest BCUT2D eigenvalue weighted by Gasteiger charge is -2.22. The molecule has 0 aromatic carbocycles. The van der Waals surface area contributed by atoms with Crippen molar-refractivity contribution in [3.63, 3.8) is 0 Å². The van der Waals surface area contributed by atoms with E-state index in [-0.39, 0.29) is 5.78 Å². The molecule has 0 aromatic heterocycles. The summed E-state index contributed by atoms with van der Waals surface area (Å²) in [5, 5.41) is 9.05. The van der Waals surface area contributed by atoms with E-state index in [0.29, 0.717) is 12.3 Å². The number of ether oxygens (including phenoxy) is 1. The Morgan fingerprint density at radius 3 is 2.92 bits per heavy atom. The Balaban J connectivity index is 2.54. The maximum absolute atomic E-state index is 11.2. The fourth-order valence-corrected chi connectivity index (χ4v) is 1.17. The predicted octanol–water partition coefficient (Wildman–Crippen LogP) is 0.875. The average Bonchev–Trinajstić information content (AvgIpc) is 1.96. The van der Waals surface area contributed by atoms with Crippen molar-refractivity contribution in [2.24, 2.45) is 5.92 Å². The summed E-state index contributed by atoms with van der Waals surface area (Å²) in [5.74, 6) is 0.353. The van der Waals surface area contributed by atoms with Crippen LogP contribution in [0, 0.1) is 5.92 Å². The first-order chi connectivity index (χ1) is 5.59. The van der Waals surface area contributed by atoms with Crippen LogP contribution in [-0.2, 0) is 9.53 Å². The van der Waals surface area contributed by atoms with Crippen LogP contribution in [0.4, 0.5) is 0 Å². The molecule has 1 heterocycles. The number of hydrogen-bond donors (Lipinski definition) is 1. The second kappa shape index (κ2) is 3.83. The summed E-state index contributed by atoms with van der Waals surface area (Å²) in [6, 6.07) is 0. The third-order valence-corrected chi connectivity index (χ3v) is 1.73. The summed E-state index contributed by atoms with van der Waals surface area (Å²) < 4.78 is 5.03. The molecule has 3 heteroatoms. The number of carbonyl (C=O) groups is 1. The second-order valence-corrected chi connectivity index (χ2v) is 3.41. The van der Waals surface area contributed by atoms with Gasteiger partial charge in [0.1, 0.15) is 6.10 Å². The van der Waals surface area contributed by atoms with Crippen molar-refractivity contribution in [2.75, 3.05) is 0 Å². The van der Waals surface area contributed by atoms with Crippen molar-refractivity contribution in [1.29, 1.82) is 0 Å². The molecule has 1 rings (SSSR count). The lowest BCUT2D eigenvalue weighted by Crippen LogP contribution is -2.32. The number of hydrogen-bond acceptors (Lipinski definition) is 3. The van der Waals surface area contributed by atoms with Gasteiger partial charge in [-0.1, -0.05) is 13.8 Å². The molecule has 0 unspecified atom stereocenters. The second-order valence-electron chi connectivity index (χ2n) is 3.41. The minimum atomic E-state index is -0.911. The van der Waals surface area contributed by atoms with E-state index >= 15 is 0 Å². The maximum atomic E-state index is 11.2. The van der Waals surface area contributed by atoms with Crippen LogP contribution < -0.4 is 0 Å². The lowest BCUT2D eigenvalue weighted by molar-refractivity contribution is -0.150. The van der Waals surface area contributed by atoms with Crippen LogP contribution in [0.25, 0.3) is 0 Å². The van der Waals surface area contributed by atoms with Gasteiger partial charge in [0.15, 0.2) is 12.1 Å². The van der Waals surface area contributed by atoms with Crippen LogP contribution >= 0.6 is 0 Å². The molecule has 0 fully saturated rings. The van der Waals surface area contributed by atoms with Gasteiger partial charge < -0.3 is 9.84 Å². The van der Waals surface area contributed by atoms with Crippen LogP contribution in [0.15, 0.2) is 12.2 Å². The SMILES string of the molecule is CC(C)C[C@H]1O[C@H](O)C=CC1=O. The molecule has 0 aliphatic carbocycles. The molecular weight excluding hydrogens is 156 g/mol. The lowest BCUT2D eigenvalue weighted by atomic mass is 10.0. The first-order valence-electron chi connectivity index (χ1n) is 4.15. The summed E-state index contributed by atoms with van der Waals surface area (Å²) in [6.07, 6.45) is 2.05. The summed E-state index contributed by atoms with van der Waals surface area (Å²) in [6.45, 7) is 4.03. The predicted molar refractivity (Wildman–Crippen MR) is 44.5 cm³/mol. The van der Waals surface area contributed by atoms with Crippen LogP contribution in [0.5, 0.6) is 0 Å². The molecule has 2 atom stereocenters. The zero-order valence-electron chi connectivity index (χ0n) is 7.36. The molecule has 0 radical (unpaired) electrons. The highest BCUT2D eigenvalue weighted by Crippen LogP contribution is 2.15. The summed E-state index contributed by atoms with van der Waals surface area (Å²) >= 11 is 0. The number of ketones is 1. The summed E-state index contributed by atoms with van der Waals surface area (Å²) in [4.78, 5) is 11.2. The highest BCUT2D eigenvalue weighted by molar-refractivity contribution is 5.94. The number of aliphatic hydroxyl groups excluding tert-OH is 1. The van der Waals surface area contributed by atoms with Crippen LogP contribution in [0.1, 0.15) is 20.3 Å². The van der Waals surface area contributed by atoms with E-state index in [1.165, 1.54) is 12.2 Å². The van der Waals surface area contributed by atoms with Gasteiger partial charge in [0, 0.05) is 0 Å². The summed E-state index contributed by atoms with van der Waals surface area (Å²) in [5.41, 5.74) is 0. The van der Waals surface area contributed by atoms with Crippen molar-refractivity contribution in [2.45, 2.75) is 32.7 Å². The minimum absolute atomic E-state index is 0.0472. The van der Waals surface area contributed by atoms with Crippen LogP contribution in [-0.4, -0.2) is 23.3 Å². The van der Waals surface area contributed by atoms with E-state index in [1.54, 1.807) is 0 Å². The van der Waals surface area contributed by atoms with Crippen molar-refractivity contribution >= 4 is 5.78 Å². The average molecular weight is 170 g/mol. The van der Waals surface area contributed by atoms with Gasteiger partial charge in [0.2, 0.25) is 0 Å². The molecule has 1 N–H and O–H groups in total. The molecular formula is C9H14O3. The highest BCUT2D eigenvalue weighted by Gasteiger charge is 2.24. The third-order valence-electron chi connectivity index (χ3n) is 1.73. The first kappa shape index (κ1) is 9.42. The van der Waals surface area contributed by atoms with Gasteiger partial charge in [0.25, 0.3) is 0 Å². The van der Waals surface area contributed by atoms with Gasteiger partial charge in [-0.3, -0.25) is 4.79 Å². The largest absolute Gasteiger partial charge is 0.365 e. The van der Waals surface area contributed by atoms with E-state index in [9.17, 15) is 4.79 Å². The van der Waals surface area contributed by atoms with Gasteiger partial charge in [-0.2, -0.15) is 0 Å². The Morgan fingerprint density at radius 2 is 2.33 bits per heavy atom. The Hall–Kier alpha value is -0.670. The Bertz CT molecular complexity index is 196. The molecule has 1 aliphatic heterocycles. The van der Waals surface area contributed by atoms with Crippen molar-refractivity contribution < 1.29 is 14.6 Å². The van der Waals surface area contributed by atoms with Crippen LogP contribution in [0.2, 0.25) is 0 Å². The highest BCUT2D eigenvalue weighted by atomic mass is 16.6. The third kappa shape index (κ3) is 2.43. The molecule has 68 valence electrons. The zero-order chi connectivity index (χ0) is 9.14. The molecule has 1 aliphatic rings. The number of carbonyl (C=O) groups excluding carboxylic acids is 1. The quantitative estimate of drug-likeness (QED) is 0.669. The van der Waals surface area contributed by atoms with E-state index in [1.807, 2.05) is 13.8 Å². The fraction of sp³-hybridized carbons (Fsp3) is 0.667. The molecule has 0 saturated carbocycles. The van der Waals surface area contributed by atoms with E-state index in [0.717, 1.165) is 0 Å². The minimum Gasteiger partial charge on any atom is -0.365 e. The molecule has 0 aromatic rings. The maximum Gasteiger partial charge on any atom is 0.184 e. The monoisotopic (exact) mass is 170 g/mol. The number of aliphatic hydroxyl groups is 1. The van der Waals surface area contributed by atoms with Gasteiger partial charge in [-0.05, 0) is 24.5 Å². The van der Waals surface area contributed by atoms with E-state index < -0.39 is 12.4 Å². The Labute approximate surface area is 72.0 Å². The first-order valence-corrected chi connectivity index (χ1v) is 4.15. The molecule has 0 spiro atoms. The van der Waals surface area contributed by atoms with E-state index in [2.05, 4.69) is 0 Å². The van der Waals surface area contributed by atoms with Gasteiger partial charge in [-0.25, -0.2) is 0 Å². The normalized spacial score (nSPS) is 29.8. The zero-order valence-corrected chi connectivity index (χ0v) is 7.36. The Morgan fingerprint density at radius 1 is 1.67 bits per heavy atom. The molecule has 12 heavy (non-hydrogen) atoms. The molecule has 0 saturated heterocycles. The molecule has 0 amide bonds. The smallest absolute Gasteiger partial charge is 0.184 e. The van der Waals surface area contributed by atoms with Crippen molar-refractivity contribution in [3.8, 4) is 0 Å². The topological polar surface area (TPSA) is 46.5 Å². The standard InChI is InChI=1S/C9H14O3/c1-6(2)5-8-7(10)3-4-9(11)12-8/h3-4,6,8-9,11H,5H2,1-2H3/t8-,9+/m1/s1. The van der Waals surface area contributed by atoms with Gasteiger partial charge >= 0.3 is 0 Å².